The number of sulfone groups is 1. The number of aliphatic imine (C=N–C) groups is 1. The van der Waals surface area contributed by atoms with Crippen molar-refractivity contribution in [3.8, 4) is 11.5 Å². The van der Waals surface area contributed by atoms with Gasteiger partial charge in [-0.1, -0.05) is 38.1 Å². The highest BCUT2D eigenvalue weighted by Crippen LogP contribution is 2.28. The fourth-order valence-corrected chi connectivity index (χ4v) is 3.64. The van der Waals surface area contributed by atoms with E-state index < -0.39 is 15.8 Å². The largest absolute Gasteiger partial charge is 0.464 e. The Hall–Kier alpha value is -3.79. The lowest BCUT2D eigenvalue weighted by Crippen LogP contribution is -2.15. The van der Waals surface area contributed by atoms with Crippen molar-refractivity contribution < 1.29 is 22.4 Å². The summed E-state index contributed by atoms with van der Waals surface area (Å²) < 4.78 is 34.2. The summed E-state index contributed by atoms with van der Waals surface area (Å²) in [7, 11) is -2.20. The molecule has 0 saturated heterocycles. The van der Waals surface area contributed by atoms with Gasteiger partial charge in [-0.2, -0.15) is 0 Å². The first-order chi connectivity index (χ1) is 15.6. The monoisotopic (exact) mass is 468 g/mol. The number of hydrogen-bond acceptors (Lipinski definition) is 9. The number of ether oxygens (including phenoxy) is 1. The zero-order chi connectivity index (χ0) is 24.2. The summed E-state index contributed by atoms with van der Waals surface area (Å²) in [5, 5.41) is 8.07. The molecule has 0 spiro atoms. The molecule has 9 nitrogen and oxygen atoms in total. The summed E-state index contributed by atoms with van der Waals surface area (Å²) in [6, 6.07) is 13.7. The highest BCUT2D eigenvalue weighted by molar-refractivity contribution is 7.90. The summed E-state index contributed by atoms with van der Waals surface area (Å²) in [4.78, 5) is 16.6. The van der Waals surface area contributed by atoms with Crippen LogP contribution in [0.15, 0.2) is 74.6 Å². The standard InChI is InChI=1S/C23H24N4O5S/c1-14(2)17-10-5-6-11-19(17)25-20(13-18(24)23(28)31-3)22-27-26-21(32-22)15-8-7-9-16(12-15)33(4,29)30/h5-14H,24H2,1-4H3. The van der Waals surface area contributed by atoms with Gasteiger partial charge in [0.15, 0.2) is 9.84 Å². The number of nitrogens with two attached hydrogens (primary N) is 1. The highest BCUT2D eigenvalue weighted by Gasteiger charge is 2.18. The maximum Gasteiger partial charge on any atom is 0.353 e. The zero-order valence-corrected chi connectivity index (χ0v) is 19.5. The second-order valence-corrected chi connectivity index (χ2v) is 9.53. The van der Waals surface area contributed by atoms with Crippen molar-refractivity contribution in [3.05, 3.63) is 71.8 Å². The number of para-hydroxylation sites is 1. The van der Waals surface area contributed by atoms with E-state index in [1.807, 2.05) is 38.1 Å². The number of carbonyl (C=O) groups excluding carboxylic acids is 1. The second-order valence-electron chi connectivity index (χ2n) is 7.51. The van der Waals surface area contributed by atoms with Crippen LogP contribution >= 0.6 is 0 Å². The van der Waals surface area contributed by atoms with Crippen molar-refractivity contribution in [1.29, 1.82) is 0 Å². The number of carbonyl (C=O) groups is 1. The predicted octanol–water partition coefficient (Wildman–Crippen LogP) is 3.40. The van der Waals surface area contributed by atoms with Gasteiger partial charge in [0.1, 0.15) is 11.4 Å². The normalized spacial score (nSPS) is 12.8. The summed E-state index contributed by atoms with van der Waals surface area (Å²) in [5.41, 5.74) is 7.85. The lowest BCUT2D eigenvalue weighted by molar-refractivity contribution is -0.136. The quantitative estimate of drug-likeness (QED) is 0.316. The summed E-state index contributed by atoms with van der Waals surface area (Å²) in [6.07, 6.45) is 2.41. The minimum atomic E-state index is -3.42. The van der Waals surface area contributed by atoms with Gasteiger partial charge < -0.3 is 14.9 Å². The van der Waals surface area contributed by atoms with Gasteiger partial charge in [0.2, 0.25) is 5.89 Å². The van der Waals surface area contributed by atoms with Crippen LogP contribution in [0.2, 0.25) is 0 Å². The summed E-state index contributed by atoms with van der Waals surface area (Å²) in [6.45, 7) is 4.07. The van der Waals surface area contributed by atoms with Crippen molar-refractivity contribution in [3.63, 3.8) is 0 Å². The maximum atomic E-state index is 11.9. The van der Waals surface area contributed by atoms with Crippen molar-refractivity contribution in [2.45, 2.75) is 24.7 Å². The van der Waals surface area contributed by atoms with E-state index in [2.05, 4.69) is 19.9 Å². The molecule has 0 unspecified atom stereocenters. The first kappa shape index (κ1) is 23.9. The fraction of sp³-hybridized carbons (Fsp3) is 0.217. The number of nitrogens with zero attached hydrogens (tertiary/aromatic N) is 3. The Morgan fingerprint density at radius 1 is 1.15 bits per heavy atom. The van der Waals surface area contributed by atoms with Crippen LogP contribution in [0.4, 0.5) is 5.69 Å². The summed E-state index contributed by atoms with van der Waals surface area (Å²) in [5.74, 6) is -0.462. The fourth-order valence-electron chi connectivity index (χ4n) is 2.98. The molecule has 0 radical (unpaired) electrons. The Kier molecular flexibility index (Phi) is 7.07. The third kappa shape index (κ3) is 5.72. The predicted molar refractivity (Wildman–Crippen MR) is 124 cm³/mol. The molecule has 10 heteroatoms. The molecule has 0 aliphatic carbocycles. The highest BCUT2D eigenvalue weighted by atomic mass is 32.2. The molecule has 0 bridgehead atoms. The van der Waals surface area contributed by atoms with Gasteiger partial charge in [0.25, 0.3) is 5.89 Å². The van der Waals surface area contributed by atoms with Gasteiger partial charge in [-0.25, -0.2) is 18.2 Å². The molecule has 1 aromatic heterocycles. The first-order valence-corrected chi connectivity index (χ1v) is 11.9. The number of rotatable bonds is 7. The van der Waals surface area contributed by atoms with E-state index in [1.165, 1.54) is 25.3 Å². The molecule has 3 aromatic rings. The van der Waals surface area contributed by atoms with Crippen molar-refractivity contribution in [2.75, 3.05) is 13.4 Å². The molecule has 0 aliphatic heterocycles. The van der Waals surface area contributed by atoms with Crippen molar-refractivity contribution in [1.82, 2.24) is 10.2 Å². The Morgan fingerprint density at radius 3 is 2.55 bits per heavy atom. The average molecular weight is 469 g/mol. The molecule has 0 aliphatic rings. The number of hydrogen-bond donors (Lipinski definition) is 1. The Labute approximate surface area is 191 Å². The lowest BCUT2D eigenvalue weighted by atomic mass is 10.0. The number of esters is 1. The zero-order valence-electron chi connectivity index (χ0n) is 18.6. The molecular formula is C23H24N4O5S. The summed E-state index contributed by atoms with van der Waals surface area (Å²) >= 11 is 0. The number of benzene rings is 2. The van der Waals surface area contributed by atoms with Crippen LogP contribution in [0.3, 0.4) is 0 Å². The molecule has 2 aromatic carbocycles. The SMILES string of the molecule is COC(=O)C(N)=CC(=Nc1ccccc1C(C)C)c1nnc(-c2cccc(S(C)(=O)=O)c2)o1. The van der Waals surface area contributed by atoms with Crippen LogP contribution in [0, 0.1) is 0 Å². The van der Waals surface area contributed by atoms with Crippen LogP contribution < -0.4 is 5.73 Å². The molecule has 2 N–H and O–H groups in total. The smallest absolute Gasteiger partial charge is 0.353 e. The first-order valence-electron chi connectivity index (χ1n) is 9.97. The molecule has 1 heterocycles. The Bertz CT molecular complexity index is 1340. The second kappa shape index (κ2) is 9.78. The molecule has 0 amide bonds. The van der Waals surface area contributed by atoms with Gasteiger partial charge in [0.05, 0.1) is 17.7 Å². The van der Waals surface area contributed by atoms with Crippen molar-refractivity contribution >= 4 is 27.2 Å². The molecule has 0 atom stereocenters. The van der Waals surface area contributed by atoms with Gasteiger partial charge in [-0.3, -0.25) is 0 Å². The molecule has 33 heavy (non-hydrogen) atoms. The van der Waals surface area contributed by atoms with E-state index >= 15 is 0 Å². The molecule has 172 valence electrons. The van der Waals surface area contributed by atoms with E-state index in [4.69, 9.17) is 10.2 Å². The van der Waals surface area contributed by atoms with Crippen LogP contribution in [-0.2, 0) is 19.4 Å². The minimum Gasteiger partial charge on any atom is -0.464 e. The maximum absolute atomic E-state index is 11.9. The van der Waals surface area contributed by atoms with E-state index in [-0.39, 0.29) is 34.0 Å². The molecule has 3 rings (SSSR count). The number of methoxy groups -OCH3 is 1. The average Bonchev–Trinajstić information content (AvgIpc) is 3.28. The van der Waals surface area contributed by atoms with E-state index in [9.17, 15) is 13.2 Å². The lowest BCUT2D eigenvalue weighted by Gasteiger charge is -2.09. The minimum absolute atomic E-state index is 0.000158. The van der Waals surface area contributed by atoms with Crippen LogP contribution in [0.1, 0.15) is 31.2 Å². The molecule has 0 fully saturated rings. The van der Waals surface area contributed by atoms with Crippen LogP contribution in [-0.4, -0.2) is 43.7 Å². The van der Waals surface area contributed by atoms with Gasteiger partial charge in [-0.05, 0) is 41.8 Å². The number of aromatic nitrogens is 2. The van der Waals surface area contributed by atoms with Crippen LogP contribution in [0.25, 0.3) is 11.5 Å². The van der Waals surface area contributed by atoms with Crippen LogP contribution in [0.5, 0.6) is 0 Å². The Morgan fingerprint density at radius 2 is 1.88 bits per heavy atom. The third-order valence-corrected chi connectivity index (χ3v) is 5.78. The van der Waals surface area contributed by atoms with E-state index in [1.54, 1.807) is 12.1 Å². The number of allylic oxidation sites excluding steroid dienone is 1. The topological polar surface area (TPSA) is 138 Å². The third-order valence-electron chi connectivity index (χ3n) is 4.67. The van der Waals surface area contributed by atoms with Gasteiger partial charge in [-0.15, -0.1) is 10.2 Å². The van der Waals surface area contributed by atoms with E-state index in [0.717, 1.165) is 11.8 Å². The Balaban J connectivity index is 2.12. The van der Waals surface area contributed by atoms with E-state index in [0.29, 0.717) is 11.3 Å². The molecular weight excluding hydrogens is 444 g/mol. The van der Waals surface area contributed by atoms with Gasteiger partial charge in [0, 0.05) is 11.8 Å². The molecule has 0 saturated carbocycles. The van der Waals surface area contributed by atoms with Crippen molar-refractivity contribution in [2.24, 2.45) is 10.7 Å². The van der Waals surface area contributed by atoms with Gasteiger partial charge >= 0.3 is 5.97 Å².